The minimum absolute atomic E-state index is 0.0173. The van der Waals surface area contributed by atoms with Crippen molar-refractivity contribution < 1.29 is 34.3 Å². The highest BCUT2D eigenvalue weighted by molar-refractivity contribution is 5.89. The molecule has 1 heterocycles. The third-order valence-corrected chi connectivity index (χ3v) is 2.23. The zero-order valence-corrected chi connectivity index (χ0v) is 10.2. The van der Waals surface area contributed by atoms with Gasteiger partial charge in [-0.05, 0) is 6.08 Å². The molecule has 1 unspecified atom stereocenters. The van der Waals surface area contributed by atoms with Gasteiger partial charge in [0.05, 0.1) is 6.61 Å². The molecule has 106 valence electrons. The monoisotopic (exact) mass is 272 g/mol. The molecule has 3 atom stereocenters. The number of ether oxygens (including phenoxy) is 3. The van der Waals surface area contributed by atoms with Crippen molar-refractivity contribution in [2.75, 3.05) is 13.2 Å². The number of esters is 1. The molecule has 7 heteroatoms. The van der Waals surface area contributed by atoms with Crippen LogP contribution in [-0.2, 0) is 19.0 Å². The predicted molar refractivity (Wildman–Crippen MR) is 63.4 cm³/mol. The van der Waals surface area contributed by atoms with Crippen LogP contribution in [0.4, 0.5) is 0 Å². The molecule has 0 spiro atoms. The predicted octanol–water partition coefficient (Wildman–Crippen LogP) is -0.800. The Bertz CT molecular complexity index is 388. The lowest BCUT2D eigenvalue weighted by Crippen LogP contribution is -2.33. The summed E-state index contributed by atoms with van der Waals surface area (Å²) in [7, 11) is 0. The van der Waals surface area contributed by atoms with E-state index in [1.165, 1.54) is 6.08 Å². The van der Waals surface area contributed by atoms with Crippen LogP contribution in [0.3, 0.4) is 0 Å². The van der Waals surface area contributed by atoms with Gasteiger partial charge >= 0.3 is 5.97 Å². The van der Waals surface area contributed by atoms with E-state index in [1.54, 1.807) is 0 Å². The molecule has 1 aliphatic rings. The second kappa shape index (κ2) is 6.93. The molecule has 0 aromatic heterocycles. The standard InChI is InChI=1S/C12H16O7/c1-3-5-17-11-10(18-8(15)4-2)9(7(14)6-13)19-12(11)16/h3-4,7-9,13-15H,1-2,5-6H2/t7-,8?,9+/m0/s1. The third kappa shape index (κ3) is 3.57. The van der Waals surface area contributed by atoms with Gasteiger partial charge in [-0.2, -0.15) is 0 Å². The second-order valence-electron chi connectivity index (χ2n) is 3.61. The summed E-state index contributed by atoms with van der Waals surface area (Å²) in [4.78, 5) is 11.6. The van der Waals surface area contributed by atoms with Crippen LogP contribution in [-0.4, -0.2) is 53.0 Å². The van der Waals surface area contributed by atoms with Gasteiger partial charge < -0.3 is 29.5 Å². The lowest BCUT2D eigenvalue weighted by Gasteiger charge is -2.19. The van der Waals surface area contributed by atoms with E-state index in [1.807, 2.05) is 0 Å². The molecule has 1 aliphatic heterocycles. The van der Waals surface area contributed by atoms with Crippen LogP contribution in [0.5, 0.6) is 0 Å². The van der Waals surface area contributed by atoms with E-state index in [0.717, 1.165) is 6.08 Å². The average Bonchev–Trinajstić information content (AvgIpc) is 2.72. The summed E-state index contributed by atoms with van der Waals surface area (Å²) < 4.78 is 14.9. The van der Waals surface area contributed by atoms with E-state index in [2.05, 4.69) is 13.2 Å². The van der Waals surface area contributed by atoms with E-state index in [4.69, 9.17) is 19.3 Å². The first-order valence-electron chi connectivity index (χ1n) is 5.50. The topological polar surface area (TPSA) is 105 Å². The van der Waals surface area contributed by atoms with Crippen molar-refractivity contribution in [1.82, 2.24) is 0 Å². The first-order chi connectivity index (χ1) is 9.04. The lowest BCUT2D eigenvalue weighted by atomic mass is 10.2. The molecule has 0 saturated carbocycles. The summed E-state index contributed by atoms with van der Waals surface area (Å²) in [5, 5.41) is 27.8. The van der Waals surface area contributed by atoms with Gasteiger partial charge in [0.2, 0.25) is 12.0 Å². The summed E-state index contributed by atoms with van der Waals surface area (Å²) in [5.41, 5.74) is 0. The Morgan fingerprint density at radius 3 is 2.63 bits per heavy atom. The first-order valence-corrected chi connectivity index (χ1v) is 5.50. The largest absolute Gasteiger partial charge is 0.480 e. The van der Waals surface area contributed by atoms with Crippen molar-refractivity contribution in [1.29, 1.82) is 0 Å². The summed E-state index contributed by atoms with van der Waals surface area (Å²) in [6.45, 7) is 6.10. The summed E-state index contributed by atoms with van der Waals surface area (Å²) in [6.07, 6.45) is -1.56. The molecule has 0 radical (unpaired) electrons. The maximum Gasteiger partial charge on any atom is 0.378 e. The molecule has 0 fully saturated rings. The van der Waals surface area contributed by atoms with Crippen molar-refractivity contribution in [2.24, 2.45) is 0 Å². The van der Waals surface area contributed by atoms with Crippen molar-refractivity contribution in [2.45, 2.75) is 18.5 Å². The smallest absolute Gasteiger partial charge is 0.378 e. The van der Waals surface area contributed by atoms with Crippen LogP contribution in [0.2, 0.25) is 0 Å². The molecule has 19 heavy (non-hydrogen) atoms. The van der Waals surface area contributed by atoms with Crippen LogP contribution in [0.25, 0.3) is 0 Å². The van der Waals surface area contributed by atoms with E-state index >= 15 is 0 Å². The highest BCUT2D eigenvalue weighted by Crippen LogP contribution is 2.28. The number of hydrogen-bond acceptors (Lipinski definition) is 7. The summed E-state index contributed by atoms with van der Waals surface area (Å²) in [5.74, 6) is -1.33. The number of aliphatic hydroxyl groups is 3. The molecule has 7 nitrogen and oxygen atoms in total. The molecular weight excluding hydrogens is 256 g/mol. The first kappa shape index (κ1) is 15.2. The van der Waals surface area contributed by atoms with Gasteiger partial charge in [-0.1, -0.05) is 19.2 Å². The molecule has 0 amide bonds. The fraction of sp³-hybridized carbons (Fsp3) is 0.417. The van der Waals surface area contributed by atoms with Crippen LogP contribution in [0.1, 0.15) is 0 Å². The Balaban J connectivity index is 3.01. The zero-order chi connectivity index (χ0) is 14.4. The van der Waals surface area contributed by atoms with Gasteiger partial charge in [0.15, 0.2) is 11.9 Å². The lowest BCUT2D eigenvalue weighted by molar-refractivity contribution is -0.149. The molecule has 3 N–H and O–H groups in total. The zero-order valence-electron chi connectivity index (χ0n) is 10.2. The van der Waals surface area contributed by atoms with E-state index in [-0.39, 0.29) is 18.1 Å². The third-order valence-electron chi connectivity index (χ3n) is 2.23. The van der Waals surface area contributed by atoms with Gasteiger partial charge in [0.1, 0.15) is 12.7 Å². The van der Waals surface area contributed by atoms with E-state index in [0.29, 0.717) is 0 Å². The Labute approximate surface area is 110 Å². The Morgan fingerprint density at radius 1 is 1.42 bits per heavy atom. The molecular formula is C12H16O7. The van der Waals surface area contributed by atoms with Crippen molar-refractivity contribution in [3.63, 3.8) is 0 Å². The highest BCUT2D eigenvalue weighted by atomic mass is 16.7. The van der Waals surface area contributed by atoms with Crippen LogP contribution in [0.15, 0.2) is 36.8 Å². The molecule has 0 bridgehead atoms. The van der Waals surface area contributed by atoms with E-state index in [9.17, 15) is 15.0 Å². The van der Waals surface area contributed by atoms with Gasteiger partial charge in [-0.15, -0.1) is 0 Å². The average molecular weight is 272 g/mol. The van der Waals surface area contributed by atoms with Gasteiger partial charge in [-0.25, -0.2) is 4.79 Å². The number of rotatable bonds is 8. The Hall–Kier alpha value is -1.83. The quantitative estimate of drug-likeness (QED) is 0.302. The number of hydrogen-bond donors (Lipinski definition) is 3. The molecule has 0 aromatic rings. The van der Waals surface area contributed by atoms with E-state index < -0.39 is 31.1 Å². The summed E-state index contributed by atoms with van der Waals surface area (Å²) >= 11 is 0. The van der Waals surface area contributed by atoms with Gasteiger partial charge in [0, 0.05) is 0 Å². The fourth-order valence-corrected chi connectivity index (χ4v) is 1.37. The SMILES string of the molecule is C=CCOC1=C(OC(O)C=C)[C@@H]([C@@H](O)CO)OC1=O. The highest BCUT2D eigenvalue weighted by Gasteiger charge is 2.42. The number of aliphatic hydroxyl groups excluding tert-OH is 3. The van der Waals surface area contributed by atoms with Crippen molar-refractivity contribution in [3.8, 4) is 0 Å². The van der Waals surface area contributed by atoms with Crippen LogP contribution in [0, 0.1) is 0 Å². The number of carbonyl (C=O) groups excluding carboxylic acids is 1. The Morgan fingerprint density at radius 2 is 2.11 bits per heavy atom. The van der Waals surface area contributed by atoms with Crippen LogP contribution < -0.4 is 0 Å². The second-order valence-corrected chi connectivity index (χ2v) is 3.61. The summed E-state index contributed by atoms with van der Waals surface area (Å²) in [6, 6.07) is 0. The van der Waals surface area contributed by atoms with Crippen LogP contribution >= 0.6 is 0 Å². The number of carbonyl (C=O) groups is 1. The maximum absolute atomic E-state index is 11.6. The van der Waals surface area contributed by atoms with Crippen molar-refractivity contribution in [3.05, 3.63) is 36.8 Å². The van der Waals surface area contributed by atoms with Crippen molar-refractivity contribution >= 4 is 5.97 Å². The maximum atomic E-state index is 11.6. The normalized spacial score (nSPS) is 21.6. The molecule has 0 aromatic carbocycles. The van der Waals surface area contributed by atoms with Gasteiger partial charge in [0.25, 0.3) is 0 Å². The Kier molecular flexibility index (Phi) is 5.56. The molecule has 0 saturated heterocycles. The molecule has 1 rings (SSSR count). The fourth-order valence-electron chi connectivity index (χ4n) is 1.37. The molecule has 0 aliphatic carbocycles. The number of cyclic esters (lactones) is 1. The minimum atomic E-state index is -1.40. The minimum Gasteiger partial charge on any atom is -0.480 e. The van der Waals surface area contributed by atoms with Gasteiger partial charge in [-0.3, -0.25) is 0 Å².